The Morgan fingerprint density at radius 1 is 1.00 bits per heavy atom. The zero-order chi connectivity index (χ0) is 6.57. The first-order valence-electron chi connectivity index (χ1n) is 2.12. The van der Waals surface area contributed by atoms with Gasteiger partial charge in [0.25, 0.3) is 0 Å². The molecule has 4 heteroatoms. The maximum atomic E-state index is 6.92. The Bertz CT molecular complexity index is 96.6. The van der Waals surface area contributed by atoms with Gasteiger partial charge in [-0.25, -0.2) is 0 Å². The molecule has 0 aliphatic rings. The summed E-state index contributed by atoms with van der Waals surface area (Å²) in [5.74, 6) is 0. The molecule has 0 spiro atoms. The second-order valence-electron chi connectivity index (χ2n) is 1.35. The monoisotopic (exact) mass is 242 g/mol. The summed E-state index contributed by atoms with van der Waals surface area (Å²) in [6.45, 7) is 0. The molecule has 0 aliphatic heterocycles. The molecule has 8 heavy (non-hydrogen) atoms. The topological polar surface area (TPSA) is 47.7 Å². The summed E-state index contributed by atoms with van der Waals surface area (Å²) in [5.41, 5.74) is 0. The van der Waals surface area contributed by atoms with E-state index in [0.717, 1.165) is 0 Å². The fourth-order valence-corrected chi connectivity index (χ4v) is 0.655. The van der Waals surface area contributed by atoms with Crippen LogP contribution < -0.4 is 0 Å². The van der Waals surface area contributed by atoms with E-state index in [9.17, 15) is 0 Å². The summed E-state index contributed by atoms with van der Waals surface area (Å²) in [6.07, 6.45) is 1.32. The van der Waals surface area contributed by atoms with Gasteiger partial charge in [0.2, 0.25) is 0 Å². The SMILES string of the molecule is N=C([Se])CCC(=N)[Se]. The zero-order valence-corrected chi connectivity index (χ0v) is 7.66. The predicted molar refractivity (Wildman–Crippen MR) is 36.2 cm³/mol. The third-order valence-corrected chi connectivity index (χ3v) is 1.44. The van der Waals surface area contributed by atoms with E-state index in [1.54, 1.807) is 0 Å². The molecular weight excluding hydrogens is 234 g/mol. The summed E-state index contributed by atoms with van der Waals surface area (Å²) >= 11 is 5.14. The average Bonchev–Trinajstić information content (AvgIpc) is 1.61. The molecule has 0 saturated carbocycles. The van der Waals surface area contributed by atoms with E-state index in [2.05, 4.69) is 32.0 Å². The molecule has 44 valence electrons. The molecule has 0 aromatic heterocycles. The molecule has 2 nitrogen and oxygen atoms in total. The molecule has 0 rings (SSSR count). The Balaban J connectivity index is 3.18. The Morgan fingerprint density at radius 3 is 1.38 bits per heavy atom. The molecule has 2 radical (unpaired) electrons. The van der Waals surface area contributed by atoms with Gasteiger partial charge in [0.05, 0.1) is 0 Å². The van der Waals surface area contributed by atoms with Crippen molar-refractivity contribution in [3.8, 4) is 0 Å². The third-order valence-electron chi connectivity index (χ3n) is 0.579. The van der Waals surface area contributed by atoms with E-state index in [4.69, 9.17) is 10.8 Å². The minimum atomic E-state index is 0.519. The van der Waals surface area contributed by atoms with Crippen molar-refractivity contribution in [1.82, 2.24) is 0 Å². The van der Waals surface area contributed by atoms with Crippen molar-refractivity contribution in [2.45, 2.75) is 12.8 Å². The number of hydrogen-bond donors (Lipinski definition) is 2. The van der Waals surface area contributed by atoms with Crippen molar-refractivity contribution in [2.24, 2.45) is 0 Å². The second-order valence-corrected chi connectivity index (χ2v) is 3.41. The van der Waals surface area contributed by atoms with Gasteiger partial charge >= 0.3 is 64.9 Å². The Hall–Kier alpha value is 0.379. The van der Waals surface area contributed by atoms with Crippen LogP contribution in [-0.4, -0.2) is 41.2 Å². The summed E-state index contributed by atoms with van der Waals surface area (Å²) in [6, 6.07) is 0. The molecule has 0 fully saturated rings. The first-order valence-corrected chi connectivity index (χ1v) is 3.83. The van der Waals surface area contributed by atoms with Crippen LogP contribution in [-0.2, 0) is 0 Å². The van der Waals surface area contributed by atoms with Gasteiger partial charge in [0.1, 0.15) is 0 Å². The van der Waals surface area contributed by atoms with Crippen molar-refractivity contribution in [3.05, 3.63) is 0 Å². The van der Waals surface area contributed by atoms with Gasteiger partial charge in [0.15, 0.2) is 0 Å². The van der Waals surface area contributed by atoms with Crippen LogP contribution in [0.5, 0.6) is 0 Å². The van der Waals surface area contributed by atoms with Gasteiger partial charge in [-0.1, -0.05) is 0 Å². The molecule has 0 bridgehead atoms. The van der Waals surface area contributed by atoms with E-state index in [1.807, 2.05) is 0 Å². The van der Waals surface area contributed by atoms with Gasteiger partial charge in [-0.15, -0.1) is 0 Å². The van der Waals surface area contributed by atoms with Crippen molar-refractivity contribution < 1.29 is 0 Å². The summed E-state index contributed by atoms with van der Waals surface area (Å²) < 4.78 is 1.04. The number of hydrogen-bond acceptors (Lipinski definition) is 2. The quantitative estimate of drug-likeness (QED) is 0.517. The van der Waals surface area contributed by atoms with E-state index < -0.39 is 0 Å². The third kappa shape index (κ3) is 6.38. The van der Waals surface area contributed by atoms with E-state index in [-0.39, 0.29) is 0 Å². The predicted octanol–water partition coefficient (Wildman–Crippen LogP) is 0.0581. The average molecular weight is 240 g/mol. The standard InChI is InChI=1S/C4H6N2Se2/c5-3(7)1-2-4(6)8/h5-6H,1-2H2. The van der Waals surface area contributed by atoms with E-state index >= 15 is 0 Å². The van der Waals surface area contributed by atoms with Crippen molar-refractivity contribution in [2.75, 3.05) is 0 Å². The second kappa shape index (κ2) is 4.28. The first-order chi connectivity index (χ1) is 3.63. The van der Waals surface area contributed by atoms with Crippen LogP contribution in [0.15, 0.2) is 0 Å². The molecule has 0 unspecified atom stereocenters. The Morgan fingerprint density at radius 2 is 1.25 bits per heavy atom. The summed E-state index contributed by atoms with van der Waals surface area (Å²) in [7, 11) is 0. The summed E-state index contributed by atoms with van der Waals surface area (Å²) in [5, 5.41) is 13.8. The van der Waals surface area contributed by atoms with Crippen LogP contribution in [0, 0.1) is 10.8 Å². The van der Waals surface area contributed by atoms with Gasteiger partial charge in [0, 0.05) is 0 Å². The van der Waals surface area contributed by atoms with Crippen LogP contribution in [0.4, 0.5) is 0 Å². The van der Waals surface area contributed by atoms with Gasteiger partial charge in [-0.05, 0) is 0 Å². The molecule has 0 amide bonds. The molecule has 0 aliphatic carbocycles. The van der Waals surface area contributed by atoms with Crippen molar-refractivity contribution in [1.29, 1.82) is 10.8 Å². The molecular formula is C4H6N2Se2. The fourth-order valence-electron chi connectivity index (χ4n) is 0.227. The Labute approximate surface area is 65.1 Å². The van der Waals surface area contributed by atoms with Gasteiger partial charge in [-0.2, -0.15) is 0 Å². The molecule has 0 atom stereocenters. The fraction of sp³-hybridized carbons (Fsp3) is 0.500. The van der Waals surface area contributed by atoms with Crippen LogP contribution in [0.25, 0.3) is 0 Å². The van der Waals surface area contributed by atoms with Crippen LogP contribution in [0.1, 0.15) is 12.8 Å². The zero-order valence-electron chi connectivity index (χ0n) is 4.23. The summed E-state index contributed by atoms with van der Waals surface area (Å²) in [4.78, 5) is 0. The minimum absolute atomic E-state index is 0.519. The molecule has 0 aromatic carbocycles. The van der Waals surface area contributed by atoms with Crippen LogP contribution >= 0.6 is 0 Å². The molecule has 0 aromatic rings. The molecule has 0 saturated heterocycles. The van der Waals surface area contributed by atoms with E-state index in [0.29, 0.717) is 22.1 Å². The number of rotatable bonds is 3. The van der Waals surface area contributed by atoms with Crippen LogP contribution in [0.2, 0.25) is 0 Å². The van der Waals surface area contributed by atoms with Crippen molar-refractivity contribution in [3.63, 3.8) is 0 Å². The van der Waals surface area contributed by atoms with Gasteiger partial charge in [-0.3, -0.25) is 0 Å². The van der Waals surface area contributed by atoms with Gasteiger partial charge < -0.3 is 0 Å². The number of nitrogens with one attached hydrogen (secondary N) is 2. The van der Waals surface area contributed by atoms with E-state index in [1.165, 1.54) is 0 Å². The Kier molecular flexibility index (Phi) is 4.48. The normalized spacial score (nSPS) is 8.50. The van der Waals surface area contributed by atoms with Crippen molar-refractivity contribution >= 4 is 41.2 Å². The van der Waals surface area contributed by atoms with Crippen LogP contribution in [0.3, 0.4) is 0 Å². The maximum absolute atomic E-state index is 6.92. The first kappa shape index (κ1) is 8.38. The molecule has 2 N–H and O–H groups in total. The molecule has 0 heterocycles.